The van der Waals surface area contributed by atoms with E-state index < -0.39 is 0 Å². The van der Waals surface area contributed by atoms with Crippen molar-refractivity contribution in [2.75, 3.05) is 0 Å². The van der Waals surface area contributed by atoms with Gasteiger partial charge >= 0.3 is 0 Å². The summed E-state index contributed by atoms with van der Waals surface area (Å²) in [5, 5.41) is 4.58. The highest BCUT2D eigenvalue weighted by Crippen LogP contribution is 2.46. The zero-order chi connectivity index (χ0) is 48.3. The van der Waals surface area contributed by atoms with Crippen molar-refractivity contribution >= 4 is 43.7 Å². The molecule has 0 N–H and O–H groups in total. The molecular weight excluding hydrogens is 875 g/mol. The van der Waals surface area contributed by atoms with Crippen LogP contribution in [0.5, 0.6) is 0 Å². The van der Waals surface area contributed by atoms with Crippen molar-refractivity contribution in [1.82, 2.24) is 14.5 Å². The van der Waals surface area contributed by atoms with Crippen molar-refractivity contribution in [1.29, 1.82) is 0 Å². The van der Waals surface area contributed by atoms with E-state index in [0.717, 1.165) is 89.8 Å². The highest BCUT2D eigenvalue weighted by Gasteiger charge is 2.25. The largest absolute Gasteiger partial charge is 0.456 e. The van der Waals surface area contributed by atoms with Crippen molar-refractivity contribution in [2.45, 2.75) is 38.5 Å². The summed E-state index contributed by atoms with van der Waals surface area (Å²) >= 11 is 0. The number of furan rings is 1. The molecule has 0 saturated carbocycles. The molecule has 0 radical (unpaired) electrons. The first-order chi connectivity index (χ1) is 35.3. The summed E-state index contributed by atoms with van der Waals surface area (Å²) < 4.78 is 8.95. The summed E-state index contributed by atoms with van der Waals surface area (Å²) in [6.45, 7) is 6.83. The molecule has 13 rings (SSSR count). The van der Waals surface area contributed by atoms with Crippen LogP contribution in [0.25, 0.3) is 117 Å². The molecule has 0 bridgehead atoms. The van der Waals surface area contributed by atoms with E-state index in [1.807, 2.05) is 12.1 Å². The monoisotopic (exact) mass is 925 g/mol. The van der Waals surface area contributed by atoms with Crippen LogP contribution in [0, 0.1) is 0 Å². The van der Waals surface area contributed by atoms with Crippen LogP contribution in [0.3, 0.4) is 0 Å². The molecule has 1 aliphatic rings. The molecule has 0 fully saturated rings. The molecule has 344 valence electrons. The topological polar surface area (TPSA) is 43.9 Å². The maximum Gasteiger partial charge on any atom is 0.160 e. The van der Waals surface area contributed by atoms with Gasteiger partial charge in [0.2, 0.25) is 0 Å². The number of rotatable bonds is 8. The van der Waals surface area contributed by atoms with Gasteiger partial charge in [-0.05, 0) is 111 Å². The van der Waals surface area contributed by atoms with Gasteiger partial charge in [-0.2, -0.15) is 0 Å². The van der Waals surface area contributed by atoms with Crippen molar-refractivity contribution in [3.63, 3.8) is 0 Å². The van der Waals surface area contributed by atoms with Gasteiger partial charge in [-0.1, -0.05) is 197 Å². The summed E-state index contributed by atoms with van der Waals surface area (Å²) in [5.41, 5.74) is 19.2. The van der Waals surface area contributed by atoms with E-state index >= 15 is 0 Å². The Morgan fingerprint density at radius 1 is 0.444 bits per heavy atom. The Hall–Kier alpha value is -8.86. The van der Waals surface area contributed by atoms with E-state index in [-0.39, 0.29) is 11.3 Å². The molecule has 4 heteroatoms. The van der Waals surface area contributed by atoms with E-state index in [9.17, 15) is 0 Å². The molecule has 1 aliphatic carbocycles. The third-order valence-corrected chi connectivity index (χ3v) is 14.5. The highest BCUT2D eigenvalue weighted by atomic mass is 16.3. The summed E-state index contributed by atoms with van der Waals surface area (Å²) in [7, 11) is 0. The molecule has 0 saturated heterocycles. The molecule has 1 unspecified atom stereocenters. The third kappa shape index (κ3) is 7.73. The first kappa shape index (κ1) is 43.2. The van der Waals surface area contributed by atoms with Gasteiger partial charge < -0.3 is 8.98 Å². The van der Waals surface area contributed by atoms with Crippen LogP contribution < -0.4 is 0 Å². The fourth-order valence-electron chi connectivity index (χ4n) is 10.7. The molecule has 0 spiro atoms. The second-order valence-corrected chi connectivity index (χ2v) is 20.1. The van der Waals surface area contributed by atoms with Gasteiger partial charge in [-0.25, -0.2) is 9.97 Å². The lowest BCUT2D eigenvalue weighted by Crippen LogP contribution is -2.10. The number of fused-ring (bicyclic) bond motifs is 6. The normalized spacial score (nSPS) is 13.7. The average molecular weight is 926 g/mol. The zero-order valence-electron chi connectivity index (χ0n) is 40.6. The summed E-state index contributed by atoms with van der Waals surface area (Å²) in [4.78, 5) is 11.0. The second kappa shape index (κ2) is 17.5. The first-order valence-electron chi connectivity index (χ1n) is 25.0. The Bertz CT molecular complexity index is 3980. The lowest BCUT2D eigenvalue weighted by Gasteiger charge is -2.23. The van der Waals surface area contributed by atoms with Gasteiger partial charge in [0.05, 0.1) is 28.1 Å². The van der Waals surface area contributed by atoms with E-state index in [1.54, 1.807) is 0 Å². The maximum absolute atomic E-state index is 6.44. The highest BCUT2D eigenvalue weighted by molar-refractivity contribution is 6.13. The van der Waals surface area contributed by atoms with Gasteiger partial charge in [0.15, 0.2) is 5.82 Å². The standard InChI is InChI=1S/C68H51N3O/c1-68(2,3)53-33-28-47(29-34-53)57-41-52(67-69-60(48-24-14-7-15-25-48)43-61(70-67)51-30-35-55-54-26-16-17-27-64(54)72-65(55)42-51)40-56(46-22-12-6-13-23-46)66(57)71-62-36-31-49(44-18-8-4-9-19-44)38-58(62)59-39-50(32-37-63(59)71)45-20-10-5-11-21-45/h4-24,26-43,48H,25H2,1-3H3. The number of hydrogen-bond donors (Lipinski definition) is 0. The molecule has 0 amide bonds. The minimum Gasteiger partial charge on any atom is -0.456 e. The molecule has 1 atom stereocenters. The lowest BCUT2D eigenvalue weighted by molar-refractivity contribution is 0.590. The van der Waals surface area contributed by atoms with Crippen molar-refractivity contribution in [3.05, 3.63) is 248 Å². The van der Waals surface area contributed by atoms with E-state index in [1.165, 1.54) is 38.6 Å². The smallest absolute Gasteiger partial charge is 0.160 e. The zero-order valence-corrected chi connectivity index (χ0v) is 40.6. The Morgan fingerprint density at radius 2 is 1.00 bits per heavy atom. The van der Waals surface area contributed by atoms with E-state index in [0.29, 0.717) is 5.82 Å². The molecule has 3 aromatic heterocycles. The van der Waals surface area contributed by atoms with Crippen LogP contribution >= 0.6 is 0 Å². The quantitative estimate of drug-likeness (QED) is 0.152. The molecule has 72 heavy (non-hydrogen) atoms. The number of benzene rings is 9. The Morgan fingerprint density at radius 3 is 1.61 bits per heavy atom. The molecule has 0 aliphatic heterocycles. The van der Waals surface area contributed by atoms with Crippen LogP contribution in [0.1, 0.15) is 44.4 Å². The van der Waals surface area contributed by atoms with Gasteiger partial charge in [0.1, 0.15) is 11.2 Å². The van der Waals surface area contributed by atoms with Crippen LogP contribution in [-0.4, -0.2) is 14.5 Å². The number of hydrogen-bond acceptors (Lipinski definition) is 3. The third-order valence-electron chi connectivity index (χ3n) is 14.5. The lowest BCUT2D eigenvalue weighted by atomic mass is 9.85. The average Bonchev–Trinajstić information content (AvgIpc) is 3.98. The predicted molar refractivity (Wildman–Crippen MR) is 301 cm³/mol. The van der Waals surface area contributed by atoms with Crippen LogP contribution in [0.4, 0.5) is 0 Å². The SMILES string of the molecule is CC(C)(C)c1ccc(-c2cc(-c3nc(-c4ccc5c(c4)oc4ccccc45)cc(C4C=CC=CC4)n3)cc(-c3ccccc3)c2-n2c3ccc(-c4ccccc4)cc3c3cc(-c4ccccc4)ccc32)cc1. The van der Waals surface area contributed by atoms with Crippen molar-refractivity contribution < 1.29 is 4.42 Å². The Balaban J connectivity index is 1.10. The number of aromatic nitrogens is 3. The van der Waals surface area contributed by atoms with Crippen molar-refractivity contribution in [3.8, 4) is 72.8 Å². The number of nitrogens with zero attached hydrogens (tertiary/aromatic N) is 3. The number of para-hydroxylation sites is 1. The fraction of sp³-hybridized carbons (Fsp3) is 0.0882. The van der Waals surface area contributed by atoms with Crippen LogP contribution in [-0.2, 0) is 5.41 Å². The summed E-state index contributed by atoms with van der Waals surface area (Å²) in [5.74, 6) is 0.774. The summed E-state index contributed by atoms with van der Waals surface area (Å²) in [6, 6.07) is 76.9. The number of allylic oxidation sites excluding steroid dienone is 4. The minimum absolute atomic E-state index is 0.0169. The molecule has 12 aromatic rings. The fourth-order valence-corrected chi connectivity index (χ4v) is 10.7. The summed E-state index contributed by atoms with van der Waals surface area (Å²) in [6.07, 6.45) is 9.60. The molecule has 4 nitrogen and oxygen atoms in total. The van der Waals surface area contributed by atoms with Gasteiger partial charge in [-0.15, -0.1) is 0 Å². The predicted octanol–water partition coefficient (Wildman–Crippen LogP) is 18.4. The van der Waals surface area contributed by atoms with Crippen LogP contribution in [0.15, 0.2) is 241 Å². The second-order valence-electron chi connectivity index (χ2n) is 20.1. The van der Waals surface area contributed by atoms with Crippen LogP contribution in [0.2, 0.25) is 0 Å². The minimum atomic E-state index is -0.0169. The molecule has 9 aromatic carbocycles. The van der Waals surface area contributed by atoms with Crippen molar-refractivity contribution in [2.24, 2.45) is 0 Å². The molecule has 3 heterocycles. The Kier molecular flexibility index (Phi) is 10.5. The first-order valence-corrected chi connectivity index (χ1v) is 25.0. The Labute approximate surface area is 419 Å². The van der Waals surface area contributed by atoms with Gasteiger partial charge in [0.25, 0.3) is 0 Å². The molecular formula is C68H51N3O. The van der Waals surface area contributed by atoms with Gasteiger partial charge in [0, 0.05) is 49.7 Å². The maximum atomic E-state index is 6.44. The van der Waals surface area contributed by atoms with Gasteiger partial charge in [-0.3, -0.25) is 0 Å². The van der Waals surface area contributed by atoms with E-state index in [4.69, 9.17) is 14.4 Å². The van der Waals surface area contributed by atoms with E-state index in [2.05, 4.69) is 250 Å².